The smallest absolute Gasteiger partial charge is 0.242 e. The Hall–Kier alpha value is -3.11. The van der Waals surface area contributed by atoms with Crippen molar-refractivity contribution in [1.82, 2.24) is 14.9 Å². The van der Waals surface area contributed by atoms with E-state index < -0.39 is 27.8 Å². The number of carbonyl (C=O) groups is 1. The number of hydrogen-bond donors (Lipinski definition) is 2. The molecule has 3 aromatic rings. The second-order valence-corrected chi connectivity index (χ2v) is 9.68. The number of aryl methyl sites for hydroxylation is 2. The summed E-state index contributed by atoms with van der Waals surface area (Å²) in [6.45, 7) is 4.75. The van der Waals surface area contributed by atoms with Crippen molar-refractivity contribution in [2.75, 3.05) is 5.32 Å². The summed E-state index contributed by atoms with van der Waals surface area (Å²) >= 11 is 0. The van der Waals surface area contributed by atoms with Crippen LogP contribution in [0.3, 0.4) is 0 Å². The summed E-state index contributed by atoms with van der Waals surface area (Å²) in [6, 6.07) is 7.71. The molecule has 1 aliphatic carbocycles. The van der Waals surface area contributed by atoms with Crippen LogP contribution in [0.25, 0.3) is 11.4 Å². The summed E-state index contributed by atoms with van der Waals surface area (Å²) < 4.78 is 47.0. The Bertz CT molecular complexity index is 1280. The van der Waals surface area contributed by atoms with E-state index in [0.29, 0.717) is 34.1 Å². The van der Waals surface area contributed by atoms with Gasteiger partial charge in [0.15, 0.2) is 0 Å². The number of amides is 1. The first-order chi connectivity index (χ1) is 15.1. The molecule has 0 saturated heterocycles. The lowest BCUT2D eigenvalue weighted by Crippen LogP contribution is -2.41. The maximum atomic E-state index is 13.3. The Morgan fingerprint density at radius 1 is 1.16 bits per heavy atom. The van der Waals surface area contributed by atoms with Gasteiger partial charge in [0.25, 0.3) is 0 Å². The van der Waals surface area contributed by atoms with Crippen molar-refractivity contribution < 1.29 is 22.1 Å². The minimum atomic E-state index is -4.03. The van der Waals surface area contributed by atoms with E-state index in [0.717, 1.165) is 12.8 Å². The summed E-state index contributed by atoms with van der Waals surface area (Å²) in [5.41, 5.74) is 1.95. The van der Waals surface area contributed by atoms with Gasteiger partial charge in [-0.15, -0.1) is 0 Å². The van der Waals surface area contributed by atoms with Gasteiger partial charge >= 0.3 is 0 Å². The maximum absolute atomic E-state index is 13.3. The van der Waals surface area contributed by atoms with Gasteiger partial charge in [0.05, 0.1) is 10.9 Å². The number of sulfonamides is 1. The highest BCUT2D eigenvalue weighted by Crippen LogP contribution is 2.39. The van der Waals surface area contributed by atoms with Crippen LogP contribution in [0.5, 0.6) is 0 Å². The van der Waals surface area contributed by atoms with Crippen molar-refractivity contribution in [3.63, 3.8) is 0 Å². The van der Waals surface area contributed by atoms with Crippen molar-refractivity contribution in [2.45, 2.75) is 50.5 Å². The maximum Gasteiger partial charge on any atom is 0.242 e. The van der Waals surface area contributed by atoms with Gasteiger partial charge < -0.3 is 9.84 Å². The Morgan fingerprint density at radius 3 is 2.59 bits per heavy atom. The minimum absolute atomic E-state index is 0.0189. The first kappa shape index (κ1) is 22.1. The number of anilines is 1. The lowest BCUT2D eigenvalue weighted by Gasteiger charge is -2.17. The quantitative estimate of drug-likeness (QED) is 0.558. The zero-order valence-electron chi connectivity index (χ0n) is 17.8. The van der Waals surface area contributed by atoms with Gasteiger partial charge in [-0.2, -0.15) is 9.71 Å². The van der Waals surface area contributed by atoms with Crippen molar-refractivity contribution in [3.8, 4) is 11.4 Å². The van der Waals surface area contributed by atoms with E-state index in [9.17, 15) is 17.6 Å². The molecule has 0 unspecified atom stereocenters. The van der Waals surface area contributed by atoms with Crippen LogP contribution in [-0.4, -0.2) is 30.5 Å². The number of benzene rings is 2. The van der Waals surface area contributed by atoms with Gasteiger partial charge in [0.2, 0.25) is 27.6 Å². The molecular weight excluding hydrogens is 435 g/mol. The minimum Gasteiger partial charge on any atom is -0.339 e. The summed E-state index contributed by atoms with van der Waals surface area (Å²) in [4.78, 5) is 16.9. The molecule has 2 aromatic carbocycles. The predicted molar refractivity (Wildman–Crippen MR) is 116 cm³/mol. The molecule has 0 radical (unpaired) electrons. The van der Waals surface area contributed by atoms with Crippen LogP contribution < -0.4 is 10.0 Å². The van der Waals surface area contributed by atoms with Gasteiger partial charge in [-0.25, -0.2) is 12.8 Å². The second kappa shape index (κ2) is 8.44. The van der Waals surface area contributed by atoms with Crippen molar-refractivity contribution in [3.05, 3.63) is 59.2 Å². The summed E-state index contributed by atoms with van der Waals surface area (Å²) in [7, 11) is -4.03. The third kappa shape index (κ3) is 4.71. The molecule has 1 heterocycles. The highest BCUT2D eigenvalue weighted by Gasteiger charge is 2.30. The van der Waals surface area contributed by atoms with E-state index in [1.165, 1.54) is 31.2 Å². The number of aromatic nitrogens is 2. The average molecular weight is 459 g/mol. The van der Waals surface area contributed by atoms with E-state index in [4.69, 9.17) is 4.52 Å². The SMILES string of the molecule is Cc1cc(F)ccc1NC(=O)[C@@H](C)NS(=O)(=O)c1cc(-c2noc(C3CC3)n2)ccc1C. The van der Waals surface area contributed by atoms with Crippen LogP contribution in [0.4, 0.5) is 10.1 Å². The highest BCUT2D eigenvalue weighted by molar-refractivity contribution is 7.89. The molecule has 1 fully saturated rings. The van der Waals surface area contributed by atoms with Crippen LogP contribution in [0, 0.1) is 19.7 Å². The molecule has 1 saturated carbocycles. The van der Waals surface area contributed by atoms with Gasteiger partial charge in [0, 0.05) is 17.2 Å². The number of halogens is 1. The molecule has 0 spiro atoms. The van der Waals surface area contributed by atoms with Crippen molar-refractivity contribution in [2.24, 2.45) is 0 Å². The van der Waals surface area contributed by atoms with Gasteiger partial charge in [-0.05, 0) is 69.0 Å². The highest BCUT2D eigenvalue weighted by atomic mass is 32.2. The van der Waals surface area contributed by atoms with E-state index in [1.807, 2.05) is 0 Å². The Balaban J connectivity index is 1.52. The molecule has 1 aliphatic rings. The topological polar surface area (TPSA) is 114 Å². The van der Waals surface area contributed by atoms with E-state index in [1.54, 1.807) is 26.0 Å². The largest absolute Gasteiger partial charge is 0.339 e. The summed E-state index contributed by atoms with van der Waals surface area (Å²) in [5, 5.41) is 6.58. The van der Waals surface area contributed by atoms with Crippen molar-refractivity contribution >= 4 is 21.6 Å². The van der Waals surface area contributed by atoms with E-state index in [-0.39, 0.29) is 10.8 Å². The van der Waals surface area contributed by atoms with E-state index in [2.05, 4.69) is 20.2 Å². The third-order valence-electron chi connectivity index (χ3n) is 5.28. The van der Waals surface area contributed by atoms with Crippen LogP contribution in [0.15, 0.2) is 45.8 Å². The standard InChI is InChI=1S/C22H23FN4O4S/c1-12-4-5-16(20-25-22(31-26-20)15-6-7-15)11-19(12)32(29,30)27-14(3)21(28)24-18-9-8-17(23)10-13(18)2/h4-5,8-11,14-15,27H,6-7H2,1-3H3,(H,24,28)/t14-/m1/s1. The van der Waals surface area contributed by atoms with Crippen LogP contribution in [0.2, 0.25) is 0 Å². The van der Waals surface area contributed by atoms with Gasteiger partial charge in [-0.1, -0.05) is 17.3 Å². The van der Waals surface area contributed by atoms with Crippen LogP contribution in [0.1, 0.15) is 42.7 Å². The Labute approximate surface area is 185 Å². The Morgan fingerprint density at radius 2 is 1.91 bits per heavy atom. The fourth-order valence-corrected chi connectivity index (χ4v) is 4.71. The fraction of sp³-hybridized carbons (Fsp3) is 0.318. The van der Waals surface area contributed by atoms with Crippen molar-refractivity contribution in [1.29, 1.82) is 0 Å². The normalized spacial score (nSPS) is 14.9. The molecule has 1 atom stereocenters. The number of nitrogens with zero attached hydrogens (tertiary/aromatic N) is 2. The van der Waals surface area contributed by atoms with E-state index >= 15 is 0 Å². The predicted octanol–water partition coefficient (Wildman–Crippen LogP) is 3.68. The molecule has 0 bridgehead atoms. The monoisotopic (exact) mass is 458 g/mol. The zero-order valence-corrected chi connectivity index (χ0v) is 18.7. The molecule has 1 aromatic heterocycles. The van der Waals surface area contributed by atoms with Gasteiger partial charge in [-0.3, -0.25) is 4.79 Å². The number of hydrogen-bond acceptors (Lipinski definition) is 6. The van der Waals surface area contributed by atoms with Crippen LogP contribution >= 0.6 is 0 Å². The second-order valence-electron chi connectivity index (χ2n) is 8.00. The molecule has 1 amide bonds. The lowest BCUT2D eigenvalue weighted by molar-refractivity contribution is -0.117. The summed E-state index contributed by atoms with van der Waals surface area (Å²) in [6.07, 6.45) is 2.02. The molecule has 8 nitrogen and oxygen atoms in total. The molecule has 32 heavy (non-hydrogen) atoms. The molecular formula is C22H23FN4O4S. The molecule has 10 heteroatoms. The summed E-state index contributed by atoms with van der Waals surface area (Å²) in [5.74, 6) is 0.181. The molecule has 4 rings (SSSR count). The molecule has 2 N–H and O–H groups in total. The molecule has 0 aliphatic heterocycles. The number of carbonyl (C=O) groups excluding carboxylic acids is 1. The average Bonchev–Trinajstić information content (AvgIpc) is 3.47. The fourth-order valence-electron chi connectivity index (χ4n) is 3.24. The molecule has 168 valence electrons. The zero-order chi connectivity index (χ0) is 23.0. The third-order valence-corrected chi connectivity index (χ3v) is 6.96. The lowest BCUT2D eigenvalue weighted by atomic mass is 10.1. The number of rotatable bonds is 7. The van der Waals surface area contributed by atoms with Crippen LogP contribution in [-0.2, 0) is 14.8 Å². The first-order valence-corrected chi connectivity index (χ1v) is 11.7. The first-order valence-electron chi connectivity index (χ1n) is 10.2. The van der Waals surface area contributed by atoms with Gasteiger partial charge in [0.1, 0.15) is 5.82 Å². The Kier molecular flexibility index (Phi) is 5.83. The number of nitrogens with one attached hydrogen (secondary N) is 2.